The maximum absolute atomic E-state index is 14.1. The summed E-state index contributed by atoms with van der Waals surface area (Å²) in [5.41, 5.74) is 2.35. The van der Waals surface area contributed by atoms with Crippen molar-refractivity contribution in [2.24, 2.45) is 0 Å². The summed E-state index contributed by atoms with van der Waals surface area (Å²) in [6.07, 6.45) is 1.78. The molecule has 30 heavy (non-hydrogen) atoms. The lowest BCUT2D eigenvalue weighted by Crippen LogP contribution is -2.36. The number of hydrogen-bond donors (Lipinski definition) is 0. The van der Waals surface area contributed by atoms with Crippen LogP contribution in [0.5, 0.6) is 17.2 Å². The van der Waals surface area contributed by atoms with E-state index in [2.05, 4.69) is 0 Å². The molecule has 0 bridgehead atoms. The Balaban J connectivity index is 1.73. The Morgan fingerprint density at radius 2 is 1.73 bits per heavy atom. The maximum atomic E-state index is 14.1. The molecule has 3 atom stereocenters. The topological polar surface area (TPSA) is 27.7 Å². The predicted octanol–water partition coefficient (Wildman–Crippen LogP) is 6.45. The zero-order valence-corrected chi connectivity index (χ0v) is 17.6. The van der Waals surface area contributed by atoms with Crippen LogP contribution in [0.2, 0.25) is 5.02 Å². The third-order valence-corrected chi connectivity index (χ3v) is 6.74. The van der Waals surface area contributed by atoms with Crippen LogP contribution in [0.15, 0.2) is 60.7 Å². The van der Waals surface area contributed by atoms with Crippen LogP contribution in [0, 0.1) is 5.82 Å². The molecule has 0 spiro atoms. The third-order valence-electron chi connectivity index (χ3n) is 6.49. The highest BCUT2D eigenvalue weighted by atomic mass is 35.5. The fourth-order valence-corrected chi connectivity index (χ4v) is 5.41. The minimum absolute atomic E-state index is 0.0116. The number of halogens is 2. The van der Waals surface area contributed by atoms with Crippen LogP contribution < -0.4 is 14.2 Å². The molecule has 1 fully saturated rings. The van der Waals surface area contributed by atoms with Crippen molar-refractivity contribution in [3.05, 3.63) is 88.2 Å². The Morgan fingerprint density at radius 1 is 0.967 bits per heavy atom. The Bertz CT molecular complexity index is 1100. The number of rotatable bonds is 4. The number of benzene rings is 3. The molecule has 0 amide bonds. The van der Waals surface area contributed by atoms with E-state index in [0.29, 0.717) is 10.8 Å². The van der Waals surface area contributed by atoms with E-state index in [9.17, 15) is 4.39 Å². The molecule has 3 nitrogen and oxygen atoms in total. The fraction of sp³-hybridized carbons (Fsp3) is 0.280. The lowest BCUT2D eigenvalue weighted by molar-refractivity contribution is 0.0639. The monoisotopic (exact) mass is 424 g/mol. The largest absolute Gasteiger partial charge is 0.496 e. The lowest BCUT2D eigenvalue weighted by Gasteiger charge is -2.36. The number of methoxy groups -OCH3 is 2. The molecule has 154 valence electrons. The fourth-order valence-electron chi connectivity index (χ4n) is 5.29. The van der Waals surface area contributed by atoms with E-state index >= 15 is 0 Å². The summed E-state index contributed by atoms with van der Waals surface area (Å²) in [7, 11) is 3.29. The molecule has 1 aliphatic carbocycles. The van der Waals surface area contributed by atoms with E-state index in [0.717, 1.165) is 41.0 Å². The van der Waals surface area contributed by atoms with Crippen LogP contribution in [-0.4, -0.2) is 14.2 Å². The van der Waals surface area contributed by atoms with Gasteiger partial charge in [0.05, 0.1) is 14.2 Å². The van der Waals surface area contributed by atoms with Crippen LogP contribution in [0.1, 0.15) is 41.4 Å². The molecular formula is C25H22ClFO3. The van der Waals surface area contributed by atoms with Gasteiger partial charge in [0, 0.05) is 34.6 Å². The van der Waals surface area contributed by atoms with Crippen molar-refractivity contribution in [2.45, 2.75) is 30.3 Å². The SMILES string of the molecule is COc1cc(OC)c2c(c1)OC1(c3ccc(Cl)cc3)C2CC[C@@H]1c1cccc(F)c1. The summed E-state index contributed by atoms with van der Waals surface area (Å²) in [5.74, 6) is 2.01. The van der Waals surface area contributed by atoms with Crippen molar-refractivity contribution < 1.29 is 18.6 Å². The van der Waals surface area contributed by atoms with Gasteiger partial charge in [0.15, 0.2) is 0 Å². The van der Waals surface area contributed by atoms with E-state index in [1.165, 1.54) is 6.07 Å². The average molecular weight is 425 g/mol. The molecule has 1 saturated carbocycles. The van der Waals surface area contributed by atoms with Gasteiger partial charge in [-0.15, -0.1) is 0 Å². The maximum Gasteiger partial charge on any atom is 0.148 e. The molecule has 0 N–H and O–H groups in total. The minimum Gasteiger partial charge on any atom is -0.496 e. The predicted molar refractivity (Wildman–Crippen MR) is 114 cm³/mol. The van der Waals surface area contributed by atoms with Gasteiger partial charge in [0.25, 0.3) is 0 Å². The van der Waals surface area contributed by atoms with Gasteiger partial charge in [-0.25, -0.2) is 4.39 Å². The van der Waals surface area contributed by atoms with Gasteiger partial charge in [-0.3, -0.25) is 0 Å². The van der Waals surface area contributed by atoms with Gasteiger partial charge in [0.2, 0.25) is 0 Å². The zero-order valence-electron chi connectivity index (χ0n) is 16.8. The van der Waals surface area contributed by atoms with Crippen LogP contribution in [-0.2, 0) is 5.60 Å². The van der Waals surface area contributed by atoms with E-state index in [1.807, 2.05) is 42.5 Å². The number of fused-ring (bicyclic) bond motifs is 3. The third kappa shape index (κ3) is 2.78. The molecule has 2 aliphatic rings. The zero-order chi connectivity index (χ0) is 20.9. The van der Waals surface area contributed by atoms with Crippen molar-refractivity contribution in [3.8, 4) is 17.2 Å². The molecule has 0 saturated heterocycles. The van der Waals surface area contributed by atoms with Gasteiger partial charge in [-0.1, -0.05) is 35.9 Å². The van der Waals surface area contributed by atoms with E-state index in [-0.39, 0.29) is 17.7 Å². The molecule has 3 aromatic carbocycles. The number of hydrogen-bond acceptors (Lipinski definition) is 3. The molecular weight excluding hydrogens is 403 g/mol. The summed E-state index contributed by atoms with van der Waals surface area (Å²) in [6, 6.07) is 18.5. The van der Waals surface area contributed by atoms with E-state index in [1.54, 1.807) is 26.4 Å². The summed E-state index contributed by atoms with van der Waals surface area (Å²) in [6.45, 7) is 0. The Morgan fingerprint density at radius 3 is 2.43 bits per heavy atom. The van der Waals surface area contributed by atoms with Crippen molar-refractivity contribution in [1.82, 2.24) is 0 Å². The molecule has 5 heteroatoms. The van der Waals surface area contributed by atoms with Crippen molar-refractivity contribution in [1.29, 1.82) is 0 Å². The molecule has 3 aromatic rings. The highest BCUT2D eigenvalue weighted by molar-refractivity contribution is 6.30. The lowest BCUT2D eigenvalue weighted by atomic mass is 9.74. The highest BCUT2D eigenvalue weighted by Crippen LogP contribution is 2.66. The van der Waals surface area contributed by atoms with Gasteiger partial charge in [-0.2, -0.15) is 0 Å². The van der Waals surface area contributed by atoms with Crippen LogP contribution in [0.25, 0.3) is 0 Å². The molecule has 1 heterocycles. The van der Waals surface area contributed by atoms with Gasteiger partial charge in [-0.05, 0) is 48.2 Å². The van der Waals surface area contributed by atoms with E-state index in [4.69, 9.17) is 25.8 Å². The first-order valence-electron chi connectivity index (χ1n) is 10.0. The molecule has 0 aromatic heterocycles. The first-order valence-corrected chi connectivity index (χ1v) is 10.4. The molecule has 1 aliphatic heterocycles. The minimum atomic E-state index is -0.666. The summed E-state index contributed by atoms with van der Waals surface area (Å²) >= 11 is 6.18. The second-order valence-electron chi connectivity index (χ2n) is 7.88. The summed E-state index contributed by atoms with van der Waals surface area (Å²) in [5, 5.41) is 0.668. The second kappa shape index (κ2) is 7.21. The Labute approximate surface area is 180 Å². The van der Waals surface area contributed by atoms with Gasteiger partial charge in [0.1, 0.15) is 28.7 Å². The molecule has 0 radical (unpaired) electrons. The van der Waals surface area contributed by atoms with Crippen molar-refractivity contribution in [3.63, 3.8) is 0 Å². The highest BCUT2D eigenvalue weighted by Gasteiger charge is 2.60. The normalized spacial score (nSPS) is 24.1. The second-order valence-corrected chi connectivity index (χ2v) is 8.32. The van der Waals surface area contributed by atoms with Crippen molar-refractivity contribution >= 4 is 11.6 Å². The van der Waals surface area contributed by atoms with Gasteiger partial charge < -0.3 is 14.2 Å². The summed E-state index contributed by atoms with van der Waals surface area (Å²) in [4.78, 5) is 0. The number of ether oxygens (including phenoxy) is 3. The van der Waals surface area contributed by atoms with Crippen molar-refractivity contribution in [2.75, 3.05) is 14.2 Å². The van der Waals surface area contributed by atoms with Crippen LogP contribution >= 0.6 is 11.6 Å². The Kier molecular flexibility index (Phi) is 4.62. The average Bonchev–Trinajstić information content (AvgIpc) is 3.28. The van der Waals surface area contributed by atoms with Gasteiger partial charge >= 0.3 is 0 Å². The van der Waals surface area contributed by atoms with Crippen LogP contribution in [0.3, 0.4) is 0 Å². The standard InChI is InChI=1S/C25H22ClFO3/c1-28-19-13-22(29-2)24-21-11-10-20(15-4-3-5-18(27)12-15)25(21,30-23(24)14-19)16-6-8-17(26)9-7-16/h3-9,12-14,20-21H,10-11H2,1-2H3/t20-,21?,25?/m1/s1. The first-order chi connectivity index (χ1) is 14.6. The molecule has 2 unspecified atom stereocenters. The Hall–Kier alpha value is -2.72. The first kappa shape index (κ1) is 19.3. The van der Waals surface area contributed by atoms with E-state index < -0.39 is 5.60 Å². The molecule has 5 rings (SSSR count). The van der Waals surface area contributed by atoms with Crippen LogP contribution in [0.4, 0.5) is 4.39 Å². The summed E-state index contributed by atoms with van der Waals surface area (Å²) < 4.78 is 32.1. The quantitative estimate of drug-likeness (QED) is 0.482. The smallest absolute Gasteiger partial charge is 0.148 e.